The van der Waals surface area contributed by atoms with Gasteiger partial charge in [-0.1, -0.05) is 36.8 Å². The molecule has 1 atom stereocenters. The summed E-state index contributed by atoms with van der Waals surface area (Å²) in [5.74, 6) is -1.02. The normalized spacial score (nSPS) is 22.4. The summed E-state index contributed by atoms with van der Waals surface area (Å²) >= 11 is 0. The molecule has 3 heterocycles. The Morgan fingerprint density at radius 1 is 1.00 bits per heavy atom. The average molecular weight is 553 g/mol. The Bertz CT molecular complexity index is 1240. The fraction of sp³-hybridized carbons (Fsp3) is 0.484. The van der Waals surface area contributed by atoms with Gasteiger partial charge in [-0.15, -0.1) is 0 Å². The summed E-state index contributed by atoms with van der Waals surface area (Å²) in [6.45, 7) is 3.16. The predicted molar refractivity (Wildman–Crippen MR) is 149 cm³/mol. The molecule has 5 rings (SSSR count). The van der Waals surface area contributed by atoms with Gasteiger partial charge in [0.1, 0.15) is 17.2 Å². The molecule has 0 spiro atoms. The number of hydrogen-bond donors (Lipinski definition) is 1. The number of piperidine rings is 2. The molecule has 2 aromatic carbocycles. The second kappa shape index (κ2) is 12.1. The van der Waals surface area contributed by atoms with Crippen molar-refractivity contribution in [2.45, 2.75) is 43.7 Å². The van der Waals surface area contributed by atoms with Gasteiger partial charge in [0.15, 0.2) is 0 Å². The van der Waals surface area contributed by atoms with Crippen LogP contribution in [-0.2, 0) is 10.3 Å². The monoisotopic (exact) mass is 552 g/mol. The number of carbonyl (C=O) groups is 2. The maximum atomic E-state index is 14.8. The molecule has 1 unspecified atom stereocenters. The van der Waals surface area contributed by atoms with Crippen LogP contribution in [0.25, 0.3) is 5.57 Å². The first-order valence-corrected chi connectivity index (χ1v) is 14.2. The van der Waals surface area contributed by atoms with Crippen molar-refractivity contribution in [3.05, 3.63) is 77.4 Å². The van der Waals surface area contributed by atoms with Gasteiger partial charge in [0.25, 0.3) is 0 Å². The van der Waals surface area contributed by atoms with E-state index in [-0.39, 0.29) is 30.1 Å². The van der Waals surface area contributed by atoms with Gasteiger partial charge in [-0.25, -0.2) is 13.6 Å². The fourth-order valence-electron chi connectivity index (χ4n) is 6.31. The third kappa shape index (κ3) is 5.63. The van der Waals surface area contributed by atoms with Crippen molar-refractivity contribution in [2.24, 2.45) is 0 Å². The van der Waals surface area contributed by atoms with Crippen LogP contribution in [0.2, 0.25) is 0 Å². The SMILES string of the molecule is CN(C(=O)N1CC(c2cc(F)ccc2F)=CC1(CO)c1ccccc1)C1CCN(C(=O)CN2CCCCC2)CC1. The zero-order valence-electron chi connectivity index (χ0n) is 23.1. The lowest BCUT2D eigenvalue weighted by Crippen LogP contribution is -2.56. The summed E-state index contributed by atoms with van der Waals surface area (Å²) in [5, 5.41) is 10.7. The molecule has 0 radical (unpaired) electrons. The number of hydrogen-bond acceptors (Lipinski definition) is 4. The van der Waals surface area contributed by atoms with Crippen molar-refractivity contribution in [1.82, 2.24) is 19.6 Å². The number of halogens is 2. The highest BCUT2D eigenvalue weighted by Crippen LogP contribution is 2.41. The minimum atomic E-state index is -1.23. The van der Waals surface area contributed by atoms with E-state index in [1.807, 2.05) is 35.2 Å². The molecular weight excluding hydrogens is 514 g/mol. The summed E-state index contributed by atoms with van der Waals surface area (Å²) in [5.41, 5.74) is -0.0302. The lowest BCUT2D eigenvalue weighted by Gasteiger charge is -2.43. The van der Waals surface area contributed by atoms with E-state index >= 15 is 0 Å². The minimum Gasteiger partial charge on any atom is -0.393 e. The molecule has 7 nitrogen and oxygen atoms in total. The summed E-state index contributed by atoms with van der Waals surface area (Å²) in [6.07, 6.45) is 6.49. The molecule has 0 saturated carbocycles. The van der Waals surface area contributed by atoms with Crippen molar-refractivity contribution in [3.63, 3.8) is 0 Å². The van der Waals surface area contributed by atoms with Crippen LogP contribution in [0.1, 0.15) is 43.2 Å². The highest BCUT2D eigenvalue weighted by Gasteiger charge is 2.46. The van der Waals surface area contributed by atoms with E-state index in [0.29, 0.717) is 43.6 Å². The lowest BCUT2D eigenvalue weighted by atomic mass is 9.89. The van der Waals surface area contributed by atoms with Crippen LogP contribution < -0.4 is 0 Å². The van der Waals surface area contributed by atoms with Crippen LogP contribution in [0.4, 0.5) is 13.6 Å². The van der Waals surface area contributed by atoms with Gasteiger partial charge < -0.3 is 19.8 Å². The first-order valence-electron chi connectivity index (χ1n) is 14.2. The first kappa shape index (κ1) is 28.2. The van der Waals surface area contributed by atoms with Gasteiger partial charge in [0.2, 0.25) is 5.91 Å². The Morgan fingerprint density at radius 3 is 2.38 bits per heavy atom. The molecule has 0 aromatic heterocycles. The topological polar surface area (TPSA) is 67.3 Å². The van der Waals surface area contributed by atoms with Crippen molar-refractivity contribution in [2.75, 3.05) is 52.9 Å². The molecule has 2 aromatic rings. The number of aliphatic hydroxyl groups is 1. The summed E-state index contributed by atoms with van der Waals surface area (Å²) in [6, 6.07) is 12.0. The number of nitrogens with zero attached hydrogens (tertiary/aromatic N) is 4. The molecule has 0 aliphatic carbocycles. The van der Waals surface area contributed by atoms with Crippen LogP contribution in [0.5, 0.6) is 0 Å². The minimum absolute atomic E-state index is 0.0200. The van der Waals surface area contributed by atoms with E-state index in [2.05, 4.69) is 4.90 Å². The van der Waals surface area contributed by atoms with Gasteiger partial charge in [0.05, 0.1) is 13.2 Å². The standard InChI is InChI=1S/C31H38F2N4O3/c1-34(26-12-16-36(17-13-26)29(39)21-35-14-6-3-7-15-35)30(40)37-20-23(27-18-25(32)10-11-28(27)33)19-31(37,22-38)24-8-4-2-5-9-24/h2,4-5,8-11,18-19,26,38H,3,6-7,12-17,20-22H2,1H3. The van der Waals surface area contributed by atoms with E-state index in [1.165, 1.54) is 6.42 Å². The van der Waals surface area contributed by atoms with Crippen molar-refractivity contribution < 1.29 is 23.5 Å². The number of rotatable bonds is 6. The number of amides is 3. The van der Waals surface area contributed by atoms with Crippen molar-refractivity contribution >= 4 is 17.5 Å². The Kier molecular flexibility index (Phi) is 8.51. The van der Waals surface area contributed by atoms with Crippen LogP contribution in [-0.4, -0.2) is 95.6 Å². The Balaban J connectivity index is 1.32. The summed E-state index contributed by atoms with van der Waals surface area (Å²) in [7, 11) is 1.74. The molecular formula is C31H38F2N4O3. The molecule has 40 heavy (non-hydrogen) atoms. The predicted octanol–water partition coefficient (Wildman–Crippen LogP) is 4.08. The van der Waals surface area contributed by atoms with Gasteiger partial charge >= 0.3 is 6.03 Å². The van der Waals surface area contributed by atoms with Gasteiger partial charge in [0, 0.05) is 38.3 Å². The number of urea groups is 1. The van der Waals surface area contributed by atoms with Gasteiger partial charge in [-0.2, -0.15) is 0 Å². The van der Waals surface area contributed by atoms with Crippen molar-refractivity contribution in [3.8, 4) is 0 Å². The van der Waals surface area contributed by atoms with Gasteiger partial charge in [-0.3, -0.25) is 9.69 Å². The first-order chi connectivity index (χ1) is 19.3. The van der Waals surface area contributed by atoms with Crippen LogP contribution in [0.15, 0.2) is 54.6 Å². The third-order valence-corrected chi connectivity index (χ3v) is 8.72. The maximum absolute atomic E-state index is 14.8. The molecule has 3 amide bonds. The highest BCUT2D eigenvalue weighted by atomic mass is 19.1. The smallest absolute Gasteiger partial charge is 0.321 e. The largest absolute Gasteiger partial charge is 0.393 e. The Morgan fingerprint density at radius 2 is 1.70 bits per heavy atom. The highest BCUT2D eigenvalue weighted by molar-refractivity contribution is 5.84. The fourth-order valence-corrected chi connectivity index (χ4v) is 6.31. The molecule has 2 saturated heterocycles. The quantitative estimate of drug-likeness (QED) is 0.587. The van der Waals surface area contributed by atoms with E-state index in [4.69, 9.17) is 0 Å². The number of benzene rings is 2. The van der Waals surface area contributed by atoms with E-state index in [0.717, 1.165) is 44.1 Å². The Hall–Kier alpha value is -3.30. The van der Waals surface area contributed by atoms with E-state index in [1.54, 1.807) is 22.9 Å². The molecule has 214 valence electrons. The summed E-state index contributed by atoms with van der Waals surface area (Å²) in [4.78, 5) is 34.3. The molecule has 1 N–H and O–H groups in total. The van der Waals surface area contributed by atoms with Crippen LogP contribution in [0, 0.1) is 11.6 Å². The zero-order valence-corrected chi connectivity index (χ0v) is 23.1. The Labute approximate surface area is 234 Å². The van der Waals surface area contributed by atoms with E-state index < -0.39 is 23.8 Å². The summed E-state index contributed by atoms with van der Waals surface area (Å²) < 4.78 is 28.9. The van der Waals surface area contributed by atoms with E-state index in [9.17, 15) is 23.5 Å². The number of aliphatic hydroxyl groups excluding tert-OH is 1. The molecule has 3 aliphatic rings. The second-order valence-electron chi connectivity index (χ2n) is 11.2. The average Bonchev–Trinajstić information content (AvgIpc) is 3.39. The maximum Gasteiger partial charge on any atom is 0.321 e. The molecule has 9 heteroatoms. The zero-order chi connectivity index (χ0) is 28.3. The number of likely N-dealkylation sites (tertiary alicyclic amines) is 2. The van der Waals surface area contributed by atoms with Crippen molar-refractivity contribution in [1.29, 1.82) is 0 Å². The lowest BCUT2D eigenvalue weighted by molar-refractivity contribution is -0.134. The molecule has 3 aliphatic heterocycles. The van der Waals surface area contributed by atoms with Crippen LogP contribution in [0.3, 0.4) is 0 Å². The number of carbonyl (C=O) groups excluding carboxylic acids is 2. The molecule has 0 bridgehead atoms. The van der Waals surface area contributed by atoms with Gasteiger partial charge in [-0.05, 0) is 74.2 Å². The van der Waals surface area contributed by atoms with Crippen LogP contribution >= 0.6 is 0 Å². The second-order valence-corrected chi connectivity index (χ2v) is 11.2. The molecule has 2 fully saturated rings. The third-order valence-electron chi connectivity index (χ3n) is 8.72.